The smallest absolute Gasteiger partial charge is 0.224 e. The SMILES string of the molecule is Cc1cc(Br)ccc1NC(=O)CCc1c(C)n[nH]c1C. The van der Waals surface area contributed by atoms with E-state index in [-0.39, 0.29) is 5.91 Å². The largest absolute Gasteiger partial charge is 0.326 e. The van der Waals surface area contributed by atoms with E-state index in [4.69, 9.17) is 0 Å². The molecule has 5 heteroatoms. The lowest BCUT2D eigenvalue weighted by atomic mass is 10.1. The van der Waals surface area contributed by atoms with Crippen molar-refractivity contribution >= 4 is 27.5 Å². The topological polar surface area (TPSA) is 57.8 Å². The summed E-state index contributed by atoms with van der Waals surface area (Å²) in [6.07, 6.45) is 1.16. The molecule has 4 nitrogen and oxygen atoms in total. The normalized spacial score (nSPS) is 10.6. The summed E-state index contributed by atoms with van der Waals surface area (Å²) in [7, 11) is 0. The van der Waals surface area contributed by atoms with Gasteiger partial charge in [-0.1, -0.05) is 15.9 Å². The molecule has 0 fully saturated rings. The summed E-state index contributed by atoms with van der Waals surface area (Å²) < 4.78 is 1.01. The van der Waals surface area contributed by atoms with Crippen molar-refractivity contribution in [3.8, 4) is 0 Å². The summed E-state index contributed by atoms with van der Waals surface area (Å²) in [6, 6.07) is 5.82. The second kappa shape index (κ2) is 6.22. The van der Waals surface area contributed by atoms with Gasteiger partial charge in [0.15, 0.2) is 0 Å². The molecule has 0 aliphatic rings. The van der Waals surface area contributed by atoms with Gasteiger partial charge in [-0.25, -0.2) is 0 Å². The highest BCUT2D eigenvalue weighted by Crippen LogP contribution is 2.20. The van der Waals surface area contributed by atoms with E-state index >= 15 is 0 Å². The number of amides is 1. The van der Waals surface area contributed by atoms with Gasteiger partial charge in [0, 0.05) is 22.3 Å². The lowest BCUT2D eigenvalue weighted by Crippen LogP contribution is -2.13. The molecule has 1 amide bonds. The molecule has 2 rings (SSSR count). The number of nitrogens with zero attached hydrogens (tertiary/aromatic N) is 1. The summed E-state index contributed by atoms with van der Waals surface area (Å²) in [5, 5.41) is 10.0. The maximum absolute atomic E-state index is 12.0. The van der Waals surface area contributed by atoms with Gasteiger partial charge >= 0.3 is 0 Å². The zero-order chi connectivity index (χ0) is 14.7. The van der Waals surface area contributed by atoms with Crippen LogP contribution in [0.4, 0.5) is 5.69 Å². The number of halogens is 1. The molecular weight excluding hydrogens is 318 g/mol. The number of benzene rings is 1. The molecule has 0 unspecified atom stereocenters. The second-order valence-corrected chi connectivity index (χ2v) is 5.84. The van der Waals surface area contributed by atoms with Crippen LogP contribution in [0.3, 0.4) is 0 Å². The van der Waals surface area contributed by atoms with Crippen molar-refractivity contribution < 1.29 is 4.79 Å². The lowest BCUT2D eigenvalue weighted by molar-refractivity contribution is -0.116. The summed E-state index contributed by atoms with van der Waals surface area (Å²) >= 11 is 3.41. The van der Waals surface area contributed by atoms with Crippen molar-refractivity contribution in [3.05, 3.63) is 45.2 Å². The van der Waals surface area contributed by atoms with Crippen LogP contribution in [-0.2, 0) is 11.2 Å². The molecule has 0 radical (unpaired) electrons. The fourth-order valence-electron chi connectivity index (χ4n) is 2.16. The Balaban J connectivity index is 1.96. The standard InChI is InChI=1S/C15H18BrN3O/c1-9-8-12(16)4-6-14(9)17-15(20)7-5-13-10(2)18-19-11(13)3/h4,6,8H,5,7H2,1-3H3,(H,17,20)(H,18,19). The number of hydrogen-bond acceptors (Lipinski definition) is 2. The highest BCUT2D eigenvalue weighted by atomic mass is 79.9. The van der Waals surface area contributed by atoms with Crippen molar-refractivity contribution in [2.75, 3.05) is 5.32 Å². The van der Waals surface area contributed by atoms with Crippen LogP contribution in [0.25, 0.3) is 0 Å². The highest BCUT2D eigenvalue weighted by Gasteiger charge is 2.10. The maximum atomic E-state index is 12.0. The highest BCUT2D eigenvalue weighted by molar-refractivity contribution is 9.10. The first-order valence-electron chi connectivity index (χ1n) is 6.54. The average Bonchev–Trinajstić information content (AvgIpc) is 2.70. The molecule has 2 N–H and O–H groups in total. The summed E-state index contributed by atoms with van der Waals surface area (Å²) in [5.74, 6) is 0.0235. The Labute approximate surface area is 127 Å². The lowest BCUT2D eigenvalue weighted by Gasteiger charge is -2.09. The zero-order valence-corrected chi connectivity index (χ0v) is 13.5. The third-order valence-corrected chi connectivity index (χ3v) is 3.84. The Bertz CT molecular complexity index is 615. The first-order chi connectivity index (χ1) is 9.47. The van der Waals surface area contributed by atoms with Gasteiger partial charge in [-0.3, -0.25) is 9.89 Å². The number of nitrogens with one attached hydrogen (secondary N) is 2. The number of aryl methyl sites for hydroxylation is 3. The molecule has 0 saturated carbocycles. The molecule has 0 spiro atoms. The van der Waals surface area contributed by atoms with Crippen LogP contribution in [0.5, 0.6) is 0 Å². The van der Waals surface area contributed by atoms with E-state index in [2.05, 4.69) is 31.4 Å². The molecule has 1 aromatic carbocycles. The van der Waals surface area contributed by atoms with Crippen LogP contribution in [0, 0.1) is 20.8 Å². The van der Waals surface area contributed by atoms with E-state index in [1.807, 2.05) is 39.0 Å². The molecule has 20 heavy (non-hydrogen) atoms. The molecule has 0 atom stereocenters. The van der Waals surface area contributed by atoms with Gasteiger partial charge in [0.25, 0.3) is 0 Å². The van der Waals surface area contributed by atoms with Crippen molar-refractivity contribution in [1.29, 1.82) is 0 Å². The first kappa shape index (κ1) is 14.8. The Hall–Kier alpha value is -1.62. The van der Waals surface area contributed by atoms with Gasteiger partial charge in [0.1, 0.15) is 0 Å². The Morgan fingerprint density at radius 3 is 2.70 bits per heavy atom. The maximum Gasteiger partial charge on any atom is 0.224 e. The predicted molar refractivity (Wildman–Crippen MR) is 83.9 cm³/mol. The summed E-state index contributed by atoms with van der Waals surface area (Å²) in [6.45, 7) is 5.91. The fraction of sp³-hybridized carbons (Fsp3) is 0.333. The fourth-order valence-corrected chi connectivity index (χ4v) is 2.64. The molecule has 0 aliphatic carbocycles. The average molecular weight is 336 g/mol. The molecule has 0 aliphatic heterocycles. The van der Waals surface area contributed by atoms with E-state index in [0.29, 0.717) is 12.8 Å². The van der Waals surface area contributed by atoms with Crippen molar-refractivity contribution in [2.24, 2.45) is 0 Å². The van der Waals surface area contributed by atoms with Crippen LogP contribution >= 0.6 is 15.9 Å². The minimum absolute atomic E-state index is 0.0235. The monoisotopic (exact) mass is 335 g/mol. The van der Waals surface area contributed by atoms with Crippen LogP contribution in [-0.4, -0.2) is 16.1 Å². The number of H-pyrrole nitrogens is 1. The zero-order valence-electron chi connectivity index (χ0n) is 11.9. The molecule has 2 aromatic rings. The third kappa shape index (κ3) is 3.48. The van der Waals surface area contributed by atoms with Gasteiger partial charge < -0.3 is 5.32 Å². The van der Waals surface area contributed by atoms with E-state index < -0.39 is 0 Å². The van der Waals surface area contributed by atoms with Gasteiger partial charge in [0.05, 0.1) is 5.69 Å². The van der Waals surface area contributed by atoms with E-state index in [0.717, 1.165) is 32.7 Å². The van der Waals surface area contributed by atoms with Crippen LogP contribution in [0.15, 0.2) is 22.7 Å². The van der Waals surface area contributed by atoms with Crippen molar-refractivity contribution in [3.63, 3.8) is 0 Å². The quantitative estimate of drug-likeness (QED) is 0.895. The minimum atomic E-state index is 0.0235. The number of aromatic nitrogens is 2. The number of anilines is 1. The molecule has 106 valence electrons. The Morgan fingerprint density at radius 1 is 1.35 bits per heavy atom. The van der Waals surface area contributed by atoms with Gasteiger partial charge in [-0.2, -0.15) is 5.10 Å². The van der Waals surface area contributed by atoms with E-state index in [1.54, 1.807) is 0 Å². The molecule has 1 aromatic heterocycles. The van der Waals surface area contributed by atoms with Gasteiger partial charge in [-0.05, 0) is 56.5 Å². The van der Waals surface area contributed by atoms with E-state index in [1.165, 1.54) is 0 Å². The number of carbonyl (C=O) groups excluding carboxylic acids is 1. The molecule has 0 saturated heterocycles. The number of rotatable bonds is 4. The summed E-state index contributed by atoms with van der Waals surface area (Å²) in [5.41, 5.74) is 5.04. The summed E-state index contributed by atoms with van der Waals surface area (Å²) in [4.78, 5) is 12.0. The Morgan fingerprint density at radius 2 is 2.10 bits per heavy atom. The molecule has 1 heterocycles. The number of carbonyl (C=O) groups is 1. The second-order valence-electron chi connectivity index (χ2n) is 4.92. The number of hydrogen-bond donors (Lipinski definition) is 2. The van der Waals surface area contributed by atoms with Crippen molar-refractivity contribution in [1.82, 2.24) is 10.2 Å². The third-order valence-electron chi connectivity index (χ3n) is 3.35. The Kier molecular flexibility index (Phi) is 4.60. The van der Waals surface area contributed by atoms with Crippen LogP contribution in [0.1, 0.15) is 28.9 Å². The van der Waals surface area contributed by atoms with Crippen LogP contribution in [0.2, 0.25) is 0 Å². The minimum Gasteiger partial charge on any atom is -0.326 e. The first-order valence-corrected chi connectivity index (χ1v) is 7.33. The number of aromatic amines is 1. The van der Waals surface area contributed by atoms with Gasteiger partial charge in [-0.15, -0.1) is 0 Å². The van der Waals surface area contributed by atoms with Crippen LogP contribution < -0.4 is 5.32 Å². The molecule has 0 bridgehead atoms. The van der Waals surface area contributed by atoms with E-state index in [9.17, 15) is 4.79 Å². The predicted octanol–water partition coefficient (Wildman–Crippen LogP) is 3.67. The molecular formula is C15H18BrN3O. The van der Waals surface area contributed by atoms with Crippen molar-refractivity contribution in [2.45, 2.75) is 33.6 Å². The van der Waals surface area contributed by atoms with Gasteiger partial charge in [0.2, 0.25) is 5.91 Å².